The van der Waals surface area contributed by atoms with Crippen LogP contribution in [0.5, 0.6) is 0 Å². The third-order valence-electron chi connectivity index (χ3n) is 2.93. The fraction of sp³-hybridized carbons (Fsp3) is 0.333. The maximum absolute atomic E-state index is 11.2. The van der Waals surface area contributed by atoms with E-state index in [-0.39, 0.29) is 33.6 Å². The Balaban J connectivity index is 3.85. The van der Waals surface area contributed by atoms with Crippen molar-refractivity contribution in [2.24, 2.45) is 0 Å². The van der Waals surface area contributed by atoms with E-state index in [1.807, 2.05) is 0 Å². The molecule has 0 radical (unpaired) electrons. The first kappa shape index (κ1) is 13.8. The van der Waals surface area contributed by atoms with Crippen LogP contribution in [0.4, 0.5) is 11.4 Å². The fourth-order valence-corrected chi connectivity index (χ4v) is 2.12. The smallest absolute Gasteiger partial charge is 0.338 e. The molecule has 0 saturated heterocycles. The van der Waals surface area contributed by atoms with E-state index in [0.29, 0.717) is 12.8 Å². The Kier molecular flexibility index (Phi) is 3.80. The first-order valence-electron chi connectivity index (χ1n) is 5.55. The quantitative estimate of drug-likeness (QED) is 0.599. The van der Waals surface area contributed by atoms with Gasteiger partial charge >= 0.3 is 11.9 Å². The number of rotatable bonds is 4. The van der Waals surface area contributed by atoms with Crippen molar-refractivity contribution in [2.45, 2.75) is 26.7 Å². The van der Waals surface area contributed by atoms with E-state index in [4.69, 9.17) is 21.7 Å². The predicted octanol–water partition coefficient (Wildman–Crippen LogP) is 1.37. The molecule has 0 fully saturated rings. The standard InChI is InChI=1S/C12H16N2O4/c1-3-5-7(11(15)16)10(14)6(4-2)8(9(5)13)12(17)18/h3-4,13-14H2,1-2H3,(H,15,16)(H,17,18). The van der Waals surface area contributed by atoms with Gasteiger partial charge in [-0.1, -0.05) is 13.8 Å². The zero-order chi connectivity index (χ0) is 14.0. The van der Waals surface area contributed by atoms with Crippen LogP contribution in [0.2, 0.25) is 0 Å². The molecule has 6 heteroatoms. The molecule has 98 valence electrons. The lowest BCUT2D eigenvalue weighted by atomic mass is 9.91. The second-order valence-corrected chi connectivity index (χ2v) is 3.85. The van der Waals surface area contributed by atoms with Gasteiger partial charge in [-0.25, -0.2) is 9.59 Å². The zero-order valence-electron chi connectivity index (χ0n) is 10.3. The Morgan fingerprint density at radius 2 is 1.17 bits per heavy atom. The molecule has 0 aromatic heterocycles. The molecule has 0 amide bonds. The molecule has 0 atom stereocenters. The fourth-order valence-electron chi connectivity index (χ4n) is 2.12. The number of carboxylic acid groups (broad SMARTS) is 2. The van der Waals surface area contributed by atoms with Gasteiger partial charge in [-0.2, -0.15) is 0 Å². The molecular formula is C12H16N2O4. The van der Waals surface area contributed by atoms with E-state index in [0.717, 1.165) is 0 Å². The summed E-state index contributed by atoms with van der Waals surface area (Å²) in [6.45, 7) is 3.41. The average Bonchev–Trinajstić information content (AvgIpc) is 2.29. The predicted molar refractivity (Wildman–Crippen MR) is 67.9 cm³/mol. The Morgan fingerprint density at radius 1 is 0.889 bits per heavy atom. The molecular weight excluding hydrogens is 236 g/mol. The summed E-state index contributed by atoms with van der Waals surface area (Å²) in [7, 11) is 0. The number of hydrogen-bond donors (Lipinski definition) is 4. The van der Waals surface area contributed by atoms with E-state index in [2.05, 4.69) is 0 Å². The number of benzene rings is 1. The SMILES string of the molecule is CCc1c(N)c(C(=O)O)c(CC)c(N)c1C(=O)O. The summed E-state index contributed by atoms with van der Waals surface area (Å²) in [6, 6.07) is 0. The molecule has 6 N–H and O–H groups in total. The van der Waals surface area contributed by atoms with Crippen LogP contribution in [0.3, 0.4) is 0 Å². The second-order valence-electron chi connectivity index (χ2n) is 3.85. The van der Waals surface area contributed by atoms with Gasteiger partial charge in [-0.3, -0.25) is 0 Å². The van der Waals surface area contributed by atoms with Gasteiger partial charge in [0.25, 0.3) is 0 Å². The molecule has 1 aromatic rings. The van der Waals surface area contributed by atoms with Crippen LogP contribution in [-0.2, 0) is 12.8 Å². The summed E-state index contributed by atoms with van der Waals surface area (Å²) in [5, 5.41) is 18.3. The van der Waals surface area contributed by atoms with Crippen LogP contribution < -0.4 is 11.5 Å². The normalized spacial score (nSPS) is 10.3. The summed E-state index contributed by atoms with van der Waals surface area (Å²) in [6.07, 6.45) is 0.615. The Labute approximate surface area is 104 Å². The molecule has 0 aliphatic carbocycles. The maximum atomic E-state index is 11.2. The average molecular weight is 252 g/mol. The highest BCUT2D eigenvalue weighted by Gasteiger charge is 2.26. The number of carbonyl (C=O) groups is 2. The maximum Gasteiger partial charge on any atom is 0.338 e. The first-order chi connectivity index (χ1) is 8.36. The summed E-state index contributed by atoms with van der Waals surface area (Å²) < 4.78 is 0. The molecule has 1 rings (SSSR count). The third-order valence-corrected chi connectivity index (χ3v) is 2.93. The van der Waals surface area contributed by atoms with Crippen LogP contribution in [0, 0.1) is 0 Å². The molecule has 18 heavy (non-hydrogen) atoms. The van der Waals surface area contributed by atoms with Gasteiger partial charge in [0.1, 0.15) is 0 Å². The van der Waals surface area contributed by atoms with Crippen molar-refractivity contribution in [1.82, 2.24) is 0 Å². The van der Waals surface area contributed by atoms with Gasteiger partial charge in [0.2, 0.25) is 0 Å². The summed E-state index contributed by atoms with van der Waals surface area (Å²) in [5.41, 5.74) is 11.9. The van der Waals surface area contributed by atoms with E-state index < -0.39 is 11.9 Å². The summed E-state index contributed by atoms with van der Waals surface area (Å²) >= 11 is 0. The van der Waals surface area contributed by atoms with Gasteiger partial charge in [0, 0.05) is 0 Å². The minimum Gasteiger partial charge on any atom is -0.478 e. The highest BCUT2D eigenvalue weighted by molar-refractivity contribution is 6.05. The number of anilines is 2. The molecule has 0 heterocycles. The molecule has 0 aliphatic heterocycles. The largest absolute Gasteiger partial charge is 0.478 e. The van der Waals surface area contributed by atoms with E-state index in [9.17, 15) is 9.59 Å². The molecule has 0 saturated carbocycles. The Bertz CT molecular complexity index is 476. The molecule has 1 aromatic carbocycles. The second kappa shape index (κ2) is 4.95. The lowest BCUT2D eigenvalue weighted by molar-refractivity contribution is 0.0681. The highest BCUT2D eigenvalue weighted by Crippen LogP contribution is 2.33. The van der Waals surface area contributed by atoms with Crippen LogP contribution in [-0.4, -0.2) is 22.2 Å². The molecule has 0 unspecified atom stereocenters. The number of nitrogens with two attached hydrogens (primary N) is 2. The van der Waals surface area contributed by atoms with Crippen molar-refractivity contribution >= 4 is 23.3 Å². The first-order valence-corrected chi connectivity index (χ1v) is 5.55. The zero-order valence-corrected chi connectivity index (χ0v) is 10.3. The minimum absolute atomic E-state index is 0.00606. The molecule has 0 aliphatic rings. The number of carboxylic acids is 2. The summed E-state index contributed by atoms with van der Waals surface area (Å²) in [5.74, 6) is -2.38. The van der Waals surface area contributed by atoms with E-state index >= 15 is 0 Å². The van der Waals surface area contributed by atoms with Crippen molar-refractivity contribution in [3.8, 4) is 0 Å². The van der Waals surface area contributed by atoms with Crippen molar-refractivity contribution in [3.63, 3.8) is 0 Å². The lowest BCUT2D eigenvalue weighted by Gasteiger charge is -2.18. The van der Waals surface area contributed by atoms with Crippen LogP contribution >= 0.6 is 0 Å². The molecule has 0 spiro atoms. The van der Waals surface area contributed by atoms with E-state index in [1.165, 1.54) is 0 Å². The van der Waals surface area contributed by atoms with Gasteiger partial charge in [-0.15, -0.1) is 0 Å². The van der Waals surface area contributed by atoms with Crippen LogP contribution in [0.1, 0.15) is 45.7 Å². The van der Waals surface area contributed by atoms with Gasteiger partial charge < -0.3 is 21.7 Å². The Morgan fingerprint density at radius 3 is 1.33 bits per heavy atom. The van der Waals surface area contributed by atoms with Crippen molar-refractivity contribution in [3.05, 3.63) is 22.3 Å². The van der Waals surface area contributed by atoms with Gasteiger partial charge in [0.15, 0.2) is 0 Å². The number of nitrogen functional groups attached to an aromatic ring is 2. The monoisotopic (exact) mass is 252 g/mol. The number of hydrogen-bond acceptors (Lipinski definition) is 4. The van der Waals surface area contributed by atoms with Crippen LogP contribution in [0.25, 0.3) is 0 Å². The van der Waals surface area contributed by atoms with E-state index in [1.54, 1.807) is 13.8 Å². The minimum atomic E-state index is -1.19. The summed E-state index contributed by atoms with van der Waals surface area (Å²) in [4.78, 5) is 22.4. The van der Waals surface area contributed by atoms with Crippen molar-refractivity contribution in [1.29, 1.82) is 0 Å². The third kappa shape index (κ3) is 1.97. The Hall–Kier alpha value is -2.24. The highest BCUT2D eigenvalue weighted by atomic mass is 16.4. The molecule has 6 nitrogen and oxygen atoms in total. The lowest BCUT2D eigenvalue weighted by Crippen LogP contribution is -2.17. The topological polar surface area (TPSA) is 127 Å². The van der Waals surface area contributed by atoms with Crippen LogP contribution in [0.15, 0.2) is 0 Å². The number of aromatic carboxylic acids is 2. The van der Waals surface area contributed by atoms with Gasteiger partial charge in [0.05, 0.1) is 22.5 Å². The molecule has 0 bridgehead atoms. The van der Waals surface area contributed by atoms with Crippen molar-refractivity contribution in [2.75, 3.05) is 11.5 Å². The van der Waals surface area contributed by atoms with Gasteiger partial charge in [-0.05, 0) is 24.0 Å². The van der Waals surface area contributed by atoms with Crippen molar-refractivity contribution < 1.29 is 19.8 Å².